The van der Waals surface area contributed by atoms with Crippen LogP contribution >= 0.6 is 0 Å². The maximum absolute atomic E-state index is 12.3. The molecule has 1 aliphatic rings. The lowest BCUT2D eigenvalue weighted by molar-refractivity contribution is -0.135. The molecule has 134 valence electrons. The van der Waals surface area contributed by atoms with E-state index >= 15 is 0 Å². The topological polar surface area (TPSA) is 78.0 Å². The standard InChI is InChI=1S/C18H23N3O4/c1-14(23)16-3-5-17(6-4-16)21(15(2)24)8-7-18(25)20-11-9-19(13-22)10-12-20/h3-6,13H,7-12H2,1-2H3. The molecule has 0 saturated carbocycles. The minimum absolute atomic E-state index is 0.0304. The van der Waals surface area contributed by atoms with Gasteiger partial charge in [-0.1, -0.05) is 0 Å². The first-order valence-corrected chi connectivity index (χ1v) is 8.28. The van der Waals surface area contributed by atoms with Gasteiger partial charge in [-0.2, -0.15) is 0 Å². The fraction of sp³-hybridized carbons (Fsp3) is 0.444. The molecule has 0 radical (unpaired) electrons. The molecule has 7 nitrogen and oxygen atoms in total. The van der Waals surface area contributed by atoms with Crippen LogP contribution < -0.4 is 4.90 Å². The third kappa shape index (κ3) is 4.89. The number of ketones is 1. The molecule has 1 aromatic rings. The Kier molecular flexibility index (Phi) is 6.27. The van der Waals surface area contributed by atoms with Gasteiger partial charge < -0.3 is 14.7 Å². The van der Waals surface area contributed by atoms with Gasteiger partial charge in [-0.25, -0.2) is 0 Å². The molecule has 1 saturated heterocycles. The number of amides is 3. The van der Waals surface area contributed by atoms with Gasteiger partial charge in [0.15, 0.2) is 5.78 Å². The number of hydrogen-bond donors (Lipinski definition) is 0. The van der Waals surface area contributed by atoms with Crippen molar-refractivity contribution in [1.29, 1.82) is 0 Å². The number of benzene rings is 1. The molecule has 25 heavy (non-hydrogen) atoms. The molecule has 1 aliphatic heterocycles. The van der Waals surface area contributed by atoms with Crippen molar-refractivity contribution in [1.82, 2.24) is 9.80 Å². The van der Waals surface area contributed by atoms with Crippen LogP contribution in [0.4, 0.5) is 5.69 Å². The summed E-state index contributed by atoms with van der Waals surface area (Å²) >= 11 is 0. The van der Waals surface area contributed by atoms with E-state index in [1.54, 1.807) is 34.1 Å². The van der Waals surface area contributed by atoms with E-state index in [-0.39, 0.29) is 30.6 Å². The Morgan fingerprint density at radius 1 is 1.04 bits per heavy atom. The van der Waals surface area contributed by atoms with Gasteiger partial charge in [0, 0.05) is 57.3 Å². The zero-order valence-electron chi connectivity index (χ0n) is 14.6. The summed E-state index contributed by atoms with van der Waals surface area (Å²) in [6.45, 7) is 5.33. The second-order valence-corrected chi connectivity index (χ2v) is 6.05. The molecule has 0 unspecified atom stereocenters. The van der Waals surface area contributed by atoms with Gasteiger partial charge in [0.25, 0.3) is 0 Å². The molecular weight excluding hydrogens is 322 g/mol. The molecule has 3 amide bonds. The minimum Gasteiger partial charge on any atom is -0.342 e. The number of hydrogen-bond acceptors (Lipinski definition) is 4. The molecule has 1 aromatic carbocycles. The number of carbonyl (C=O) groups is 4. The van der Waals surface area contributed by atoms with Crippen LogP contribution in [0.1, 0.15) is 30.6 Å². The molecule has 0 bridgehead atoms. The predicted octanol–water partition coefficient (Wildman–Crippen LogP) is 0.933. The van der Waals surface area contributed by atoms with Crippen LogP contribution in [-0.4, -0.2) is 66.5 Å². The van der Waals surface area contributed by atoms with Gasteiger partial charge in [-0.15, -0.1) is 0 Å². The third-order valence-electron chi connectivity index (χ3n) is 4.33. The Labute approximate surface area is 147 Å². The van der Waals surface area contributed by atoms with Crippen LogP contribution in [0, 0.1) is 0 Å². The van der Waals surface area contributed by atoms with Crippen molar-refractivity contribution in [2.24, 2.45) is 0 Å². The summed E-state index contributed by atoms with van der Waals surface area (Å²) in [6, 6.07) is 6.78. The third-order valence-corrected chi connectivity index (χ3v) is 4.33. The van der Waals surface area contributed by atoms with Crippen molar-refractivity contribution < 1.29 is 19.2 Å². The Balaban J connectivity index is 1.95. The summed E-state index contributed by atoms with van der Waals surface area (Å²) in [7, 11) is 0. The molecular formula is C18H23N3O4. The van der Waals surface area contributed by atoms with Gasteiger partial charge in [0.05, 0.1) is 0 Å². The highest BCUT2D eigenvalue weighted by Gasteiger charge is 2.21. The quantitative estimate of drug-likeness (QED) is 0.568. The van der Waals surface area contributed by atoms with Crippen LogP contribution in [0.15, 0.2) is 24.3 Å². The van der Waals surface area contributed by atoms with Crippen molar-refractivity contribution in [3.05, 3.63) is 29.8 Å². The average Bonchev–Trinajstić information content (AvgIpc) is 2.62. The van der Waals surface area contributed by atoms with E-state index in [1.807, 2.05) is 0 Å². The number of rotatable bonds is 6. The van der Waals surface area contributed by atoms with Crippen LogP contribution in [0.3, 0.4) is 0 Å². The Morgan fingerprint density at radius 3 is 2.12 bits per heavy atom. The summed E-state index contributed by atoms with van der Waals surface area (Å²) in [5.41, 5.74) is 1.24. The minimum atomic E-state index is -0.158. The van der Waals surface area contributed by atoms with E-state index in [2.05, 4.69) is 0 Å². The Bertz CT molecular complexity index is 649. The lowest BCUT2D eigenvalue weighted by Crippen LogP contribution is -2.48. The fourth-order valence-corrected chi connectivity index (χ4v) is 2.79. The summed E-state index contributed by atoms with van der Waals surface area (Å²) in [6.07, 6.45) is 1.01. The number of piperazine rings is 1. The highest BCUT2D eigenvalue weighted by Crippen LogP contribution is 2.17. The van der Waals surface area contributed by atoms with Crippen LogP contribution in [-0.2, 0) is 14.4 Å². The van der Waals surface area contributed by atoms with Crippen LogP contribution in [0.25, 0.3) is 0 Å². The normalized spacial score (nSPS) is 14.2. The molecule has 0 spiro atoms. The smallest absolute Gasteiger partial charge is 0.224 e. The van der Waals surface area contributed by atoms with Gasteiger partial charge in [-0.05, 0) is 31.2 Å². The lowest BCUT2D eigenvalue weighted by Gasteiger charge is -2.33. The van der Waals surface area contributed by atoms with E-state index in [9.17, 15) is 19.2 Å². The van der Waals surface area contributed by atoms with Crippen molar-refractivity contribution in [2.75, 3.05) is 37.6 Å². The number of Topliss-reactive ketones (excluding diaryl/α,β-unsaturated/α-hetero) is 1. The number of carbonyl (C=O) groups excluding carboxylic acids is 4. The van der Waals surface area contributed by atoms with Crippen molar-refractivity contribution in [3.63, 3.8) is 0 Å². The molecule has 0 aliphatic carbocycles. The molecule has 7 heteroatoms. The maximum Gasteiger partial charge on any atom is 0.224 e. The Hall–Kier alpha value is -2.70. The summed E-state index contributed by atoms with van der Waals surface area (Å²) in [4.78, 5) is 51.2. The van der Waals surface area contributed by atoms with E-state index < -0.39 is 0 Å². The zero-order valence-corrected chi connectivity index (χ0v) is 14.6. The zero-order chi connectivity index (χ0) is 18.4. The van der Waals surface area contributed by atoms with Crippen molar-refractivity contribution in [2.45, 2.75) is 20.3 Å². The first-order valence-electron chi connectivity index (χ1n) is 8.28. The number of anilines is 1. The first kappa shape index (κ1) is 18.6. The van der Waals surface area contributed by atoms with Gasteiger partial charge >= 0.3 is 0 Å². The highest BCUT2D eigenvalue weighted by molar-refractivity contribution is 5.96. The molecule has 0 N–H and O–H groups in total. The largest absolute Gasteiger partial charge is 0.342 e. The van der Waals surface area contributed by atoms with Gasteiger partial charge in [0.2, 0.25) is 18.2 Å². The van der Waals surface area contributed by atoms with Gasteiger partial charge in [-0.3, -0.25) is 19.2 Å². The van der Waals surface area contributed by atoms with Crippen LogP contribution in [0.5, 0.6) is 0 Å². The summed E-state index contributed by atoms with van der Waals surface area (Å²) in [5, 5.41) is 0. The Morgan fingerprint density at radius 2 is 1.64 bits per heavy atom. The van der Waals surface area contributed by atoms with E-state index in [0.717, 1.165) is 6.41 Å². The highest BCUT2D eigenvalue weighted by atomic mass is 16.2. The summed E-state index contributed by atoms with van der Waals surface area (Å²) < 4.78 is 0. The summed E-state index contributed by atoms with van der Waals surface area (Å²) in [5.74, 6) is -0.225. The van der Waals surface area contributed by atoms with E-state index in [1.165, 1.54) is 18.7 Å². The van der Waals surface area contributed by atoms with E-state index in [0.29, 0.717) is 37.4 Å². The maximum atomic E-state index is 12.3. The molecule has 0 aromatic heterocycles. The van der Waals surface area contributed by atoms with Crippen molar-refractivity contribution in [3.8, 4) is 0 Å². The monoisotopic (exact) mass is 345 g/mol. The fourth-order valence-electron chi connectivity index (χ4n) is 2.79. The SMILES string of the molecule is CC(=O)c1ccc(N(CCC(=O)N2CCN(C=O)CC2)C(C)=O)cc1. The molecule has 1 fully saturated rings. The molecule has 0 atom stereocenters. The number of nitrogens with zero attached hydrogens (tertiary/aromatic N) is 3. The van der Waals surface area contributed by atoms with Crippen molar-refractivity contribution >= 4 is 29.7 Å². The molecule has 2 rings (SSSR count). The lowest BCUT2D eigenvalue weighted by atomic mass is 10.1. The van der Waals surface area contributed by atoms with Crippen LogP contribution in [0.2, 0.25) is 0 Å². The predicted molar refractivity (Wildman–Crippen MR) is 93.3 cm³/mol. The second kappa shape index (κ2) is 8.41. The second-order valence-electron chi connectivity index (χ2n) is 6.05. The molecule has 1 heterocycles. The van der Waals surface area contributed by atoms with E-state index in [4.69, 9.17) is 0 Å². The average molecular weight is 345 g/mol. The first-order chi connectivity index (χ1) is 11.9. The van der Waals surface area contributed by atoms with Gasteiger partial charge in [0.1, 0.15) is 0 Å².